The number of nitrogens with one attached hydrogen (secondary N) is 2. The third-order valence-electron chi connectivity index (χ3n) is 4.61. The molecule has 2 aromatic rings. The maximum Gasteiger partial charge on any atom is 0.272 e. The van der Waals surface area contributed by atoms with E-state index in [0.717, 1.165) is 55.8 Å². The van der Waals surface area contributed by atoms with Crippen LogP contribution in [0.4, 0.5) is 0 Å². The second-order valence-electron chi connectivity index (χ2n) is 6.33. The zero-order valence-electron chi connectivity index (χ0n) is 13.8. The fraction of sp³-hybridized carbons (Fsp3) is 0.556. The van der Waals surface area contributed by atoms with Crippen molar-refractivity contribution in [1.29, 1.82) is 0 Å². The van der Waals surface area contributed by atoms with Gasteiger partial charge >= 0.3 is 0 Å². The number of nitrogens with zero attached hydrogens (tertiary/aromatic N) is 2. The van der Waals surface area contributed by atoms with Gasteiger partial charge in [-0.15, -0.1) is 0 Å². The second-order valence-corrected chi connectivity index (χ2v) is 6.33. The number of carbonyl (C=O) groups excluding carboxylic acids is 1. The minimum Gasteiger partial charge on any atom is -0.351 e. The summed E-state index contributed by atoms with van der Waals surface area (Å²) in [4.78, 5) is 12.5. The predicted molar refractivity (Wildman–Crippen MR) is 92.6 cm³/mol. The average molecular weight is 314 g/mol. The molecule has 0 aliphatic carbocycles. The number of rotatable bonds is 6. The number of fused-ring (bicyclic) bond motifs is 1. The van der Waals surface area contributed by atoms with Gasteiger partial charge < -0.3 is 10.6 Å². The van der Waals surface area contributed by atoms with Crippen molar-refractivity contribution in [1.82, 2.24) is 20.4 Å². The van der Waals surface area contributed by atoms with E-state index in [1.807, 2.05) is 28.9 Å². The monoisotopic (exact) mass is 314 g/mol. The summed E-state index contributed by atoms with van der Waals surface area (Å²) in [6, 6.07) is 7.97. The molecule has 0 radical (unpaired) electrons. The van der Waals surface area contributed by atoms with Crippen molar-refractivity contribution in [3.8, 4) is 0 Å². The molecule has 124 valence electrons. The van der Waals surface area contributed by atoms with Gasteiger partial charge in [0.15, 0.2) is 5.69 Å². The van der Waals surface area contributed by atoms with Crippen LogP contribution in [-0.2, 0) is 6.54 Å². The molecule has 1 fully saturated rings. The zero-order valence-corrected chi connectivity index (χ0v) is 13.8. The van der Waals surface area contributed by atoms with Crippen molar-refractivity contribution < 1.29 is 4.79 Å². The molecule has 2 heterocycles. The largest absolute Gasteiger partial charge is 0.351 e. The molecular formula is C18H26N4O. The van der Waals surface area contributed by atoms with Crippen LogP contribution in [0.1, 0.15) is 43.1 Å². The van der Waals surface area contributed by atoms with E-state index in [9.17, 15) is 4.79 Å². The Hall–Kier alpha value is -1.88. The molecule has 0 saturated carbocycles. The number of aryl methyl sites for hydroxylation is 1. The normalized spacial score (nSPS) is 15.9. The number of aromatic nitrogens is 2. The highest BCUT2D eigenvalue weighted by Crippen LogP contribution is 2.19. The van der Waals surface area contributed by atoms with Gasteiger partial charge in [-0.1, -0.05) is 25.1 Å². The average Bonchev–Trinajstić information content (AvgIpc) is 2.95. The van der Waals surface area contributed by atoms with Crippen LogP contribution in [-0.4, -0.2) is 35.3 Å². The molecule has 1 aromatic carbocycles. The van der Waals surface area contributed by atoms with Crippen LogP contribution in [0.15, 0.2) is 24.3 Å². The van der Waals surface area contributed by atoms with Gasteiger partial charge in [-0.25, -0.2) is 0 Å². The Balaban J connectivity index is 1.65. The van der Waals surface area contributed by atoms with E-state index in [-0.39, 0.29) is 5.91 Å². The van der Waals surface area contributed by atoms with E-state index in [0.29, 0.717) is 5.69 Å². The van der Waals surface area contributed by atoms with Crippen LogP contribution >= 0.6 is 0 Å². The summed E-state index contributed by atoms with van der Waals surface area (Å²) in [6.07, 6.45) is 4.48. The van der Waals surface area contributed by atoms with Crippen LogP contribution in [0.3, 0.4) is 0 Å². The smallest absolute Gasteiger partial charge is 0.272 e. The minimum absolute atomic E-state index is 0.0509. The molecule has 0 unspecified atom stereocenters. The predicted octanol–water partition coefficient (Wildman–Crippen LogP) is 2.57. The van der Waals surface area contributed by atoms with Gasteiger partial charge in [0.1, 0.15) is 0 Å². The van der Waals surface area contributed by atoms with Crippen molar-refractivity contribution >= 4 is 16.8 Å². The van der Waals surface area contributed by atoms with E-state index in [1.54, 1.807) is 0 Å². The van der Waals surface area contributed by atoms with Crippen molar-refractivity contribution in [2.45, 2.75) is 39.2 Å². The summed E-state index contributed by atoms with van der Waals surface area (Å²) in [5.74, 6) is 0.677. The summed E-state index contributed by atoms with van der Waals surface area (Å²) >= 11 is 0. The van der Waals surface area contributed by atoms with Gasteiger partial charge in [-0.05, 0) is 50.8 Å². The number of benzene rings is 1. The van der Waals surface area contributed by atoms with Gasteiger partial charge in [-0.2, -0.15) is 5.10 Å². The first-order valence-corrected chi connectivity index (χ1v) is 8.74. The lowest BCUT2D eigenvalue weighted by Crippen LogP contribution is -2.31. The topological polar surface area (TPSA) is 59.0 Å². The third kappa shape index (κ3) is 3.72. The molecule has 1 aliphatic heterocycles. The molecule has 23 heavy (non-hydrogen) atoms. The Morgan fingerprint density at radius 1 is 1.35 bits per heavy atom. The third-order valence-corrected chi connectivity index (χ3v) is 4.61. The molecule has 3 rings (SSSR count). The van der Waals surface area contributed by atoms with Gasteiger partial charge in [0.25, 0.3) is 5.91 Å². The van der Waals surface area contributed by atoms with Gasteiger partial charge in [0, 0.05) is 18.5 Å². The highest BCUT2D eigenvalue weighted by molar-refractivity contribution is 6.04. The molecule has 1 amide bonds. The lowest BCUT2D eigenvalue weighted by Gasteiger charge is -2.22. The second kappa shape index (κ2) is 7.59. The van der Waals surface area contributed by atoms with Crippen LogP contribution in [0.2, 0.25) is 0 Å². The van der Waals surface area contributed by atoms with Gasteiger partial charge in [0.05, 0.1) is 5.52 Å². The summed E-state index contributed by atoms with van der Waals surface area (Å²) in [6.45, 7) is 5.89. The van der Waals surface area contributed by atoms with E-state index in [1.165, 1.54) is 12.8 Å². The summed E-state index contributed by atoms with van der Waals surface area (Å²) in [5, 5.41) is 11.9. The molecule has 0 atom stereocenters. The molecule has 5 heteroatoms. The van der Waals surface area contributed by atoms with Crippen molar-refractivity contribution in [3.63, 3.8) is 0 Å². The Labute approximate surface area is 137 Å². The molecule has 2 N–H and O–H groups in total. The van der Waals surface area contributed by atoms with Gasteiger partial charge in [-0.3, -0.25) is 9.48 Å². The molecule has 1 aromatic heterocycles. The fourth-order valence-corrected chi connectivity index (χ4v) is 3.32. The van der Waals surface area contributed by atoms with Crippen molar-refractivity contribution in [2.24, 2.45) is 5.92 Å². The van der Waals surface area contributed by atoms with Crippen LogP contribution in [0.25, 0.3) is 10.9 Å². The number of hydrogen-bond acceptors (Lipinski definition) is 3. The zero-order chi connectivity index (χ0) is 16.1. The van der Waals surface area contributed by atoms with E-state index in [4.69, 9.17) is 0 Å². The number of carbonyl (C=O) groups is 1. The molecule has 1 aliphatic rings. The Morgan fingerprint density at radius 2 is 2.13 bits per heavy atom. The summed E-state index contributed by atoms with van der Waals surface area (Å²) in [5.41, 5.74) is 1.59. The lowest BCUT2D eigenvalue weighted by atomic mass is 9.95. The molecular weight excluding hydrogens is 288 g/mol. The van der Waals surface area contributed by atoms with E-state index >= 15 is 0 Å². The molecule has 1 saturated heterocycles. The summed E-state index contributed by atoms with van der Waals surface area (Å²) in [7, 11) is 0. The first-order chi connectivity index (χ1) is 11.3. The van der Waals surface area contributed by atoms with Crippen LogP contribution in [0.5, 0.6) is 0 Å². The van der Waals surface area contributed by atoms with Crippen molar-refractivity contribution in [2.75, 3.05) is 19.6 Å². The van der Waals surface area contributed by atoms with E-state index < -0.39 is 0 Å². The van der Waals surface area contributed by atoms with E-state index in [2.05, 4.69) is 22.7 Å². The first kappa shape index (κ1) is 16.0. The fourth-order valence-electron chi connectivity index (χ4n) is 3.32. The standard InChI is InChI=1S/C18H26N4O/c1-2-13-22-16-6-4-3-5-15(16)17(21-22)18(23)20-12-9-14-7-10-19-11-8-14/h3-6,14,19H,2,7-13H2,1H3,(H,20,23). The highest BCUT2D eigenvalue weighted by atomic mass is 16.1. The quantitative estimate of drug-likeness (QED) is 0.861. The Morgan fingerprint density at radius 3 is 2.91 bits per heavy atom. The van der Waals surface area contributed by atoms with Crippen molar-refractivity contribution in [3.05, 3.63) is 30.0 Å². The SMILES string of the molecule is CCCn1nc(C(=O)NCCC2CCNCC2)c2ccccc21. The maximum absolute atomic E-state index is 12.5. The highest BCUT2D eigenvalue weighted by Gasteiger charge is 2.17. The minimum atomic E-state index is -0.0509. The molecule has 0 spiro atoms. The maximum atomic E-state index is 12.5. The number of hydrogen-bond donors (Lipinski definition) is 2. The Bertz CT molecular complexity index is 658. The Kier molecular flexibility index (Phi) is 5.28. The number of amides is 1. The molecule has 5 nitrogen and oxygen atoms in total. The number of para-hydroxylation sites is 1. The summed E-state index contributed by atoms with van der Waals surface area (Å²) < 4.78 is 1.94. The first-order valence-electron chi connectivity index (χ1n) is 8.74. The lowest BCUT2D eigenvalue weighted by molar-refractivity contribution is 0.0946. The number of piperidine rings is 1. The van der Waals surface area contributed by atoms with Crippen LogP contribution in [0, 0.1) is 5.92 Å². The van der Waals surface area contributed by atoms with Crippen LogP contribution < -0.4 is 10.6 Å². The molecule has 0 bridgehead atoms. The van der Waals surface area contributed by atoms with Gasteiger partial charge in [0.2, 0.25) is 0 Å².